The van der Waals surface area contributed by atoms with Gasteiger partial charge in [0.25, 0.3) is 0 Å². The lowest BCUT2D eigenvalue weighted by molar-refractivity contribution is 0.0897. The van der Waals surface area contributed by atoms with Gasteiger partial charge in [0.1, 0.15) is 5.49 Å². The van der Waals surface area contributed by atoms with Crippen LogP contribution >= 0.6 is 0 Å². The quantitative estimate of drug-likeness (QED) is 0.743. The summed E-state index contributed by atoms with van der Waals surface area (Å²) in [4.78, 5) is 21.0. The first-order valence-corrected chi connectivity index (χ1v) is 9.61. The van der Waals surface area contributed by atoms with Crippen molar-refractivity contribution < 1.29 is 4.79 Å². The van der Waals surface area contributed by atoms with Crippen molar-refractivity contribution >= 4 is 16.8 Å². The van der Waals surface area contributed by atoms with Crippen LogP contribution in [0.15, 0.2) is 59.9 Å². The molecule has 26 heavy (non-hydrogen) atoms. The van der Waals surface area contributed by atoms with Gasteiger partial charge >= 0.3 is 0 Å². The van der Waals surface area contributed by atoms with E-state index in [1.54, 1.807) is 4.57 Å². The molecule has 4 rings (SSSR count). The number of nitrogens with one attached hydrogen (secondary N) is 1. The molecule has 0 aliphatic heterocycles. The standard InChI is InChI=1S/C22H25N3O/c26-22(14-13-17-16-23-20-11-5-4-10-19(17)20)25-15-7-6-12-21(25)24-18-8-2-1-3-9-18/h4-7,10-12,15-16,18,23H,1-3,8-9,13-14H2. The van der Waals surface area contributed by atoms with Crippen molar-refractivity contribution in [2.75, 3.05) is 0 Å². The first kappa shape index (κ1) is 16.8. The summed E-state index contributed by atoms with van der Waals surface area (Å²) in [6, 6.07) is 14.4. The molecule has 0 radical (unpaired) electrons. The minimum atomic E-state index is 0.102. The zero-order chi connectivity index (χ0) is 17.8. The number of rotatable bonds is 4. The van der Waals surface area contributed by atoms with E-state index in [9.17, 15) is 4.79 Å². The van der Waals surface area contributed by atoms with Crippen LogP contribution in [-0.2, 0) is 6.42 Å². The fourth-order valence-corrected chi connectivity index (χ4v) is 3.85. The first-order valence-electron chi connectivity index (χ1n) is 9.61. The minimum absolute atomic E-state index is 0.102. The Morgan fingerprint density at radius 2 is 1.88 bits per heavy atom. The molecule has 3 aromatic rings. The molecule has 1 fully saturated rings. The van der Waals surface area contributed by atoms with Gasteiger partial charge in [0, 0.05) is 29.7 Å². The average Bonchev–Trinajstić information content (AvgIpc) is 3.10. The lowest BCUT2D eigenvalue weighted by atomic mass is 9.96. The van der Waals surface area contributed by atoms with Gasteiger partial charge in [-0.3, -0.25) is 14.4 Å². The number of para-hydroxylation sites is 1. The molecule has 134 valence electrons. The molecule has 1 aromatic carbocycles. The number of hydrogen-bond donors (Lipinski definition) is 1. The van der Waals surface area contributed by atoms with Crippen LogP contribution in [0.2, 0.25) is 0 Å². The fourth-order valence-electron chi connectivity index (χ4n) is 3.85. The summed E-state index contributed by atoms with van der Waals surface area (Å²) < 4.78 is 1.73. The molecule has 4 heteroatoms. The van der Waals surface area contributed by atoms with Crippen LogP contribution < -0.4 is 5.49 Å². The van der Waals surface area contributed by atoms with Gasteiger partial charge in [0.15, 0.2) is 0 Å². The maximum atomic E-state index is 12.8. The third-order valence-corrected chi connectivity index (χ3v) is 5.28. The summed E-state index contributed by atoms with van der Waals surface area (Å²) in [6.45, 7) is 0. The van der Waals surface area contributed by atoms with E-state index in [0.717, 1.165) is 30.3 Å². The molecule has 0 amide bonds. The van der Waals surface area contributed by atoms with Gasteiger partial charge in [-0.15, -0.1) is 0 Å². The van der Waals surface area contributed by atoms with E-state index in [4.69, 9.17) is 4.99 Å². The smallest absolute Gasteiger partial charge is 0.232 e. The zero-order valence-electron chi connectivity index (χ0n) is 15.0. The SMILES string of the molecule is O=C(CCc1c[nH]c2ccccc12)n1ccccc1=NC1CCCCC1. The number of carbonyl (C=O) groups is 1. The highest BCUT2D eigenvalue weighted by Crippen LogP contribution is 2.20. The molecule has 1 saturated carbocycles. The Bertz CT molecular complexity index is 960. The number of carbonyl (C=O) groups excluding carboxylic acids is 1. The van der Waals surface area contributed by atoms with Gasteiger partial charge in [-0.05, 0) is 43.0 Å². The highest BCUT2D eigenvalue weighted by atomic mass is 16.2. The number of pyridine rings is 1. The van der Waals surface area contributed by atoms with Crippen molar-refractivity contribution in [1.82, 2.24) is 9.55 Å². The summed E-state index contributed by atoms with van der Waals surface area (Å²) in [5.74, 6) is 0.102. The van der Waals surface area contributed by atoms with Crippen LogP contribution in [0, 0.1) is 0 Å². The van der Waals surface area contributed by atoms with E-state index in [-0.39, 0.29) is 5.91 Å². The van der Waals surface area contributed by atoms with E-state index < -0.39 is 0 Å². The second kappa shape index (κ2) is 7.73. The third kappa shape index (κ3) is 3.64. The molecule has 0 atom stereocenters. The monoisotopic (exact) mass is 347 g/mol. The second-order valence-corrected chi connectivity index (χ2v) is 7.10. The van der Waals surface area contributed by atoms with Crippen LogP contribution in [0.5, 0.6) is 0 Å². The molecular formula is C22H25N3O. The molecule has 1 N–H and O–H groups in total. The van der Waals surface area contributed by atoms with Crippen molar-refractivity contribution in [1.29, 1.82) is 0 Å². The molecule has 1 aliphatic rings. The molecule has 1 aliphatic carbocycles. The Morgan fingerprint density at radius 1 is 1.08 bits per heavy atom. The number of benzene rings is 1. The molecule has 4 nitrogen and oxygen atoms in total. The third-order valence-electron chi connectivity index (χ3n) is 5.28. The summed E-state index contributed by atoms with van der Waals surface area (Å²) in [6.07, 6.45) is 11.1. The normalized spacial score (nSPS) is 16.2. The van der Waals surface area contributed by atoms with Crippen molar-refractivity contribution in [3.8, 4) is 0 Å². The molecule has 0 saturated heterocycles. The maximum absolute atomic E-state index is 12.8. The van der Waals surface area contributed by atoms with E-state index >= 15 is 0 Å². The summed E-state index contributed by atoms with van der Waals surface area (Å²) >= 11 is 0. The lowest BCUT2D eigenvalue weighted by Gasteiger charge is -2.17. The predicted octanol–water partition coefficient (Wildman–Crippen LogP) is 4.48. The van der Waals surface area contributed by atoms with E-state index in [1.165, 1.54) is 30.2 Å². The van der Waals surface area contributed by atoms with Gasteiger partial charge in [-0.2, -0.15) is 0 Å². The molecule has 0 unspecified atom stereocenters. The van der Waals surface area contributed by atoms with Gasteiger partial charge in [-0.1, -0.05) is 43.5 Å². The number of aromatic amines is 1. The Morgan fingerprint density at radius 3 is 2.77 bits per heavy atom. The zero-order valence-corrected chi connectivity index (χ0v) is 15.0. The Labute approximate surface area is 153 Å². The van der Waals surface area contributed by atoms with Crippen molar-refractivity contribution in [3.05, 3.63) is 65.9 Å². The fraction of sp³-hybridized carbons (Fsp3) is 0.364. The number of aromatic nitrogens is 2. The van der Waals surface area contributed by atoms with Gasteiger partial charge in [0.05, 0.1) is 6.04 Å². The minimum Gasteiger partial charge on any atom is -0.361 e. The first-order chi connectivity index (χ1) is 12.8. The lowest BCUT2D eigenvalue weighted by Crippen LogP contribution is -2.29. The van der Waals surface area contributed by atoms with E-state index in [1.807, 2.05) is 42.7 Å². The number of aryl methyl sites for hydroxylation is 1. The van der Waals surface area contributed by atoms with Crippen molar-refractivity contribution in [2.24, 2.45) is 4.99 Å². The van der Waals surface area contributed by atoms with E-state index in [0.29, 0.717) is 12.5 Å². The molecule has 0 spiro atoms. The van der Waals surface area contributed by atoms with Crippen molar-refractivity contribution in [2.45, 2.75) is 51.0 Å². The van der Waals surface area contributed by atoms with Crippen LogP contribution in [-0.4, -0.2) is 21.5 Å². The van der Waals surface area contributed by atoms with Crippen LogP contribution in [0.3, 0.4) is 0 Å². The average molecular weight is 347 g/mol. The number of fused-ring (bicyclic) bond motifs is 1. The van der Waals surface area contributed by atoms with E-state index in [2.05, 4.69) is 17.1 Å². The highest BCUT2D eigenvalue weighted by Gasteiger charge is 2.13. The topological polar surface area (TPSA) is 50.1 Å². The highest BCUT2D eigenvalue weighted by molar-refractivity contribution is 5.84. The van der Waals surface area contributed by atoms with Crippen molar-refractivity contribution in [3.63, 3.8) is 0 Å². The van der Waals surface area contributed by atoms with Crippen LogP contribution in [0.1, 0.15) is 48.9 Å². The molecular weight excluding hydrogens is 322 g/mol. The van der Waals surface area contributed by atoms with Crippen LogP contribution in [0.4, 0.5) is 0 Å². The molecule has 2 aromatic heterocycles. The Balaban J connectivity index is 1.52. The van der Waals surface area contributed by atoms with Gasteiger partial charge in [0.2, 0.25) is 5.91 Å². The second-order valence-electron chi connectivity index (χ2n) is 7.10. The van der Waals surface area contributed by atoms with Gasteiger partial charge < -0.3 is 4.98 Å². The molecule has 2 heterocycles. The van der Waals surface area contributed by atoms with Crippen LogP contribution in [0.25, 0.3) is 10.9 Å². The Hall–Kier alpha value is -2.62. The number of hydrogen-bond acceptors (Lipinski definition) is 2. The summed E-state index contributed by atoms with van der Waals surface area (Å²) in [7, 11) is 0. The maximum Gasteiger partial charge on any atom is 0.232 e. The number of nitrogens with zero attached hydrogens (tertiary/aromatic N) is 2. The summed E-state index contributed by atoms with van der Waals surface area (Å²) in [5.41, 5.74) is 3.11. The van der Waals surface area contributed by atoms with Gasteiger partial charge in [-0.25, -0.2) is 0 Å². The predicted molar refractivity (Wildman–Crippen MR) is 104 cm³/mol. The molecule has 0 bridgehead atoms. The largest absolute Gasteiger partial charge is 0.361 e. The Kier molecular flexibility index (Phi) is 5.00. The number of H-pyrrole nitrogens is 1. The summed E-state index contributed by atoms with van der Waals surface area (Å²) in [5, 5.41) is 1.20.